The predicted octanol–water partition coefficient (Wildman–Crippen LogP) is 4.96. The third-order valence-corrected chi connectivity index (χ3v) is 4.31. The largest absolute Gasteiger partial charge is 0.418 e. The van der Waals surface area contributed by atoms with Gasteiger partial charge >= 0.3 is 12.4 Å². The lowest BCUT2D eigenvalue weighted by molar-refractivity contribution is -0.137. The molecule has 3 aromatic rings. The highest BCUT2D eigenvalue weighted by Crippen LogP contribution is 2.35. The Balaban J connectivity index is 1.83. The molecule has 3 rings (SSSR count). The number of hydrogen-bond acceptors (Lipinski definition) is 3. The molecule has 0 spiro atoms. The van der Waals surface area contributed by atoms with E-state index in [2.05, 4.69) is 15.7 Å². The van der Waals surface area contributed by atoms with Crippen molar-refractivity contribution in [3.05, 3.63) is 77.1 Å². The summed E-state index contributed by atoms with van der Waals surface area (Å²) in [5.41, 5.74) is -3.85. The number of aryl methyl sites for hydroxylation is 1. The third kappa shape index (κ3) is 4.90. The normalized spacial score (nSPS) is 11.8. The molecule has 168 valence electrons. The molecule has 0 saturated carbocycles. The summed E-state index contributed by atoms with van der Waals surface area (Å²) in [7, 11) is 1.25. The van der Waals surface area contributed by atoms with Gasteiger partial charge in [0, 0.05) is 13.1 Å². The fourth-order valence-electron chi connectivity index (χ4n) is 2.84. The summed E-state index contributed by atoms with van der Waals surface area (Å²) >= 11 is 0. The molecule has 6 nitrogen and oxygen atoms in total. The maximum atomic E-state index is 13.1. The van der Waals surface area contributed by atoms with Gasteiger partial charge in [-0.3, -0.25) is 14.3 Å². The zero-order valence-electron chi connectivity index (χ0n) is 16.2. The summed E-state index contributed by atoms with van der Waals surface area (Å²) in [4.78, 5) is 24.9. The number of rotatable bonds is 4. The molecule has 2 aromatic carbocycles. The van der Waals surface area contributed by atoms with Crippen LogP contribution in [0.4, 0.5) is 37.7 Å². The van der Waals surface area contributed by atoms with Gasteiger partial charge in [-0.25, -0.2) is 0 Å². The number of nitrogens with zero attached hydrogens (tertiary/aromatic N) is 2. The van der Waals surface area contributed by atoms with Gasteiger partial charge in [0.05, 0.1) is 22.5 Å². The number of aromatic nitrogens is 2. The van der Waals surface area contributed by atoms with Crippen molar-refractivity contribution in [2.45, 2.75) is 12.4 Å². The molecule has 0 atom stereocenters. The Kier molecular flexibility index (Phi) is 5.97. The lowest BCUT2D eigenvalue weighted by Gasteiger charge is -2.13. The molecule has 1 heterocycles. The Labute approximate surface area is 176 Å². The molecule has 0 radical (unpaired) electrons. The zero-order valence-corrected chi connectivity index (χ0v) is 16.2. The predicted molar refractivity (Wildman–Crippen MR) is 102 cm³/mol. The van der Waals surface area contributed by atoms with E-state index in [4.69, 9.17) is 0 Å². The minimum Gasteiger partial charge on any atom is -0.320 e. The summed E-state index contributed by atoms with van der Waals surface area (Å²) in [5, 5.41) is 7.95. The fourth-order valence-corrected chi connectivity index (χ4v) is 2.84. The Morgan fingerprint density at radius 3 is 1.69 bits per heavy atom. The quantitative estimate of drug-likeness (QED) is 0.545. The molecule has 0 saturated heterocycles. The van der Waals surface area contributed by atoms with Crippen molar-refractivity contribution in [2.75, 3.05) is 10.6 Å². The standard InChI is InChI=1S/C20H14F6N4O2/c1-30-16(18(32)28-14-9-5-3-7-12(14)20(24,25)26)10-15(29-30)17(31)27-13-8-4-2-6-11(13)19(21,22)23/h2-10H,1H3,(H,27,31)(H,28,32). The van der Waals surface area contributed by atoms with Crippen LogP contribution in [0.3, 0.4) is 0 Å². The van der Waals surface area contributed by atoms with E-state index in [1.54, 1.807) is 0 Å². The topological polar surface area (TPSA) is 76.0 Å². The molecule has 0 aliphatic rings. The van der Waals surface area contributed by atoms with Gasteiger partial charge in [-0.1, -0.05) is 24.3 Å². The first-order valence-corrected chi connectivity index (χ1v) is 8.87. The van der Waals surface area contributed by atoms with Gasteiger partial charge < -0.3 is 10.6 Å². The van der Waals surface area contributed by atoms with Gasteiger partial charge in [-0.05, 0) is 24.3 Å². The first-order valence-electron chi connectivity index (χ1n) is 8.87. The fraction of sp³-hybridized carbons (Fsp3) is 0.150. The molecular weight excluding hydrogens is 442 g/mol. The number of para-hydroxylation sites is 2. The van der Waals surface area contributed by atoms with Crippen LogP contribution in [0, 0.1) is 0 Å². The highest BCUT2D eigenvalue weighted by atomic mass is 19.4. The van der Waals surface area contributed by atoms with E-state index in [9.17, 15) is 35.9 Å². The molecule has 0 fully saturated rings. The number of carbonyl (C=O) groups excluding carboxylic acids is 2. The second-order valence-corrected chi connectivity index (χ2v) is 6.53. The Bertz CT molecular complexity index is 1170. The summed E-state index contributed by atoms with van der Waals surface area (Å²) in [5.74, 6) is -2.03. The number of benzene rings is 2. The number of amides is 2. The Morgan fingerprint density at radius 1 is 0.781 bits per heavy atom. The molecule has 2 amide bonds. The molecule has 0 bridgehead atoms. The van der Waals surface area contributed by atoms with Crippen molar-refractivity contribution in [2.24, 2.45) is 7.05 Å². The van der Waals surface area contributed by atoms with Crippen LogP contribution in [-0.4, -0.2) is 21.6 Å². The molecule has 2 N–H and O–H groups in total. The van der Waals surface area contributed by atoms with E-state index in [0.717, 1.165) is 47.1 Å². The van der Waals surface area contributed by atoms with Gasteiger partial charge in [-0.2, -0.15) is 31.4 Å². The van der Waals surface area contributed by atoms with Crippen LogP contribution < -0.4 is 10.6 Å². The van der Waals surface area contributed by atoms with E-state index >= 15 is 0 Å². The first-order chi connectivity index (χ1) is 14.9. The number of hydrogen-bond donors (Lipinski definition) is 2. The van der Waals surface area contributed by atoms with Gasteiger partial charge in [-0.15, -0.1) is 0 Å². The van der Waals surface area contributed by atoms with E-state index < -0.39 is 52.4 Å². The van der Waals surface area contributed by atoms with E-state index in [-0.39, 0.29) is 5.69 Å². The molecule has 1 aromatic heterocycles. The first kappa shape index (κ1) is 22.8. The van der Waals surface area contributed by atoms with Gasteiger partial charge in [0.25, 0.3) is 11.8 Å². The molecule has 32 heavy (non-hydrogen) atoms. The van der Waals surface area contributed by atoms with Crippen LogP contribution in [0.5, 0.6) is 0 Å². The van der Waals surface area contributed by atoms with Gasteiger partial charge in [0.15, 0.2) is 5.69 Å². The third-order valence-electron chi connectivity index (χ3n) is 4.31. The van der Waals surface area contributed by atoms with Crippen LogP contribution in [0.1, 0.15) is 32.1 Å². The lowest BCUT2D eigenvalue weighted by atomic mass is 10.1. The zero-order chi connectivity index (χ0) is 23.7. The van der Waals surface area contributed by atoms with Crippen LogP contribution in [-0.2, 0) is 19.4 Å². The monoisotopic (exact) mass is 456 g/mol. The van der Waals surface area contributed by atoms with Crippen molar-refractivity contribution in [3.8, 4) is 0 Å². The van der Waals surface area contributed by atoms with Crippen molar-refractivity contribution in [3.63, 3.8) is 0 Å². The van der Waals surface area contributed by atoms with Crippen LogP contribution in [0.15, 0.2) is 54.6 Å². The SMILES string of the molecule is Cn1nc(C(=O)Nc2ccccc2C(F)(F)F)cc1C(=O)Nc1ccccc1C(F)(F)F. The lowest BCUT2D eigenvalue weighted by Crippen LogP contribution is -2.19. The average molecular weight is 456 g/mol. The highest BCUT2D eigenvalue weighted by molar-refractivity contribution is 6.07. The van der Waals surface area contributed by atoms with Crippen molar-refractivity contribution < 1.29 is 35.9 Å². The van der Waals surface area contributed by atoms with Gasteiger partial charge in [0.1, 0.15) is 5.69 Å². The maximum absolute atomic E-state index is 13.1. The molecular formula is C20H14F6N4O2. The van der Waals surface area contributed by atoms with Crippen molar-refractivity contribution >= 4 is 23.2 Å². The van der Waals surface area contributed by atoms with E-state index in [1.807, 2.05) is 0 Å². The minimum atomic E-state index is -4.72. The second-order valence-electron chi connectivity index (χ2n) is 6.53. The van der Waals surface area contributed by atoms with Gasteiger partial charge in [0.2, 0.25) is 0 Å². The Morgan fingerprint density at radius 2 is 1.22 bits per heavy atom. The highest BCUT2D eigenvalue weighted by Gasteiger charge is 2.35. The van der Waals surface area contributed by atoms with Crippen LogP contribution in [0.2, 0.25) is 0 Å². The smallest absolute Gasteiger partial charge is 0.320 e. The number of anilines is 2. The Hall–Kier alpha value is -3.83. The summed E-state index contributed by atoms with van der Waals surface area (Å²) in [6.07, 6.45) is -9.43. The molecule has 0 aliphatic carbocycles. The number of nitrogens with one attached hydrogen (secondary N) is 2. The number of carbonyl (C=O) groups is 2. The maximum Gasteiger partial charge on any atom is 0.418 e. The van der Waals surface area contributed by atoms with Crippen LogP contribution >= 0.6 is 0 Å². The number of halogens is 6. The van der Waals surface area contributed by atoms with E-state index in [0.29, 0.717) is 0 Å². The van der Waals surface area contributed by atoms with Crippen molar-refractivity contribution in [1.29, 1.82) is 0 Å². The summed E-state index contributed by atoms with van der Waals surface area (Å²) in [6, 6.07) is 9.53. The minimum absolute atomic E-state index is 0.281. The van der Waals surface area contributed by atoms with Crippen molar-refractivity contribution in [1.82, 2.24) is 9.78 Å². The summed E-state index contributed by atoms with van der Waals surface area (Å²) in [6.45, 7) is 0. The average Bonchev–Trinajstić information content (AvgIpc) is 3.09. The second kappa shape index (κ2) is 8.36. The number of alkyl halides is 6. The molecule has 0 unspecified atom stereocenters. The molecule has 12 heteroatoms. The van der Waals surface area contributed by atoms with E-state index in [1.165, 1.54) is 19.2 Å². The molecule has 0 aliphatic heterocycles. The van der Waals surface area contributed by atoms with Crippen LogP contribution in [0.25, 0.3) is 0 Å². The summed E-state index contributed by atoms with van der Waals surface area (Å²) < 4.78 is 79.5.